The molecule has 0 saturated heterocycles. The molecule has 3 heteroatoms. The Morgan fingerprint density at radius 3 is 2.15 bits per heavy atom. The number of benzene rings is 4. The van der Waals surface area contributed by atoms with E-state index in [4.69, 9.17) is 0 Å². The average molecular weight is 345 g/mol. The molecule has 0 spiro atoms. The molecule has 0 fully saturated rings. The number of nitrogens with one attached hydrogen (secondary N) is 1. The molecule has 0 amide bonds. The van der Waals surface area contributed by atoms with Crippen LogP contribution in [0.3, 0.4) is 0 Å². The Kier molecular flexibility index (Phi) is 3.48. The summed E-state index contributed by atoms with van der Waals surface area (Å²) in [4.78, 5) is 7.85. The van der Waals surface area contributed by atoms with E-state index in [0.717, 1.165) is 38.1 Å². The number of imidazole rings is 1. The van der Waals surface area contributed by atoms with Gasteiger partial charge in [0.25, 0.3) is 0 Å². The summed E-state index contributed by atoms with van der Waals surface area (Å²) < 4.78 is 0. The second-order valence-corrected chi connectivity index (χ2v) is 6.50. The van der Waals surface area contributed by atoms with Crippen molar-refractivity contribution in [3.63, 3.8) is 0 Å². The number of H-pyrrole nitrogens is 1. The van der Waals surface area contributed by atoms with Gasteiger partial charge in [-0.15, -0.1) is 0 Å². The van der Waals surface area contributed by atoms with Crippen LogP contribution in [0.1, 0.15) is 11.4 Å². The third kappa shape index (κ3) is 2.56. The van der Waals surface area contributed by atoms with Crippen molar-refractivity contribution in [3.8, 4) is 6.07 Å². The van der Waals surface area contributed by atoms with Gasteiger partial charge in [-0.1, -0.05) is 60.7 Å². The van der Waals surface area contributed by atoms with Crippen LogP contribution in [-0.4, -0.2) is 9.97 Å². The van der Waals surface area contributed by atoms with Gasteiger partial charge in [0, 0.05) is 0 Å². The summed E-state index contributed by atoms with van der Waals surface area (Å²) in [6, 6.07) is 28.9. The highest BCUT2D eigenvalue weighted by atomic mass is 14.9. The van der Waals surface area contributed by atoms with Gasteiger partial charge in [-0.05, 0) is 51.4 Å². The van der Waals surface area contributed by atoms with E-state index < -0.39 is 0 Å². The molecule has 27 heavy (non-hydrogen) atoms. The largest absolute Gasteiger partial charge is 0.337 e. The average Bonchev–Trinajstić information content (AvgIpc) is 3.15. The minimum Gasteiger partial charge on any atom is -0.337 e. The van der Waals surface area contributed by atoms with Crippen molar-refractivity contribution in [1.29, 1.82) is 5.26 Å². The van der Waals surface area contributed by atoms with E-state index in [0.29, 0.717) is 11.4 Å². The van der Waals surface area contributed by atoms with Crippen LogP contribution in [0.25, 0.3) is 44.2 Å². The van der Waals surface area contributed by atoms with Crippen LogP contribution in [0.15, 0.2) is 78.9 Å². The van der Waals surface area contributed by atoms with Gasteiger partial charge in [0.05, 0.1) is 16.6 Å². The number of aromatic nitrogens is 2. The Bertz CT molecular complexity index is 1300. The van der Waals surface area contributed by atoms with Gasteiger partial charge in [-0.3, -0.25) is 0 Å². The van der Waals surface area contributed by atoms with Gasteiger partial charge in [0.2, 0.25) is 0 Å². The van der Waals surface area contributed by atoms with E-state index in [1.807, 2.05) is 54.6 Å². The van der Waals surface area contributed by atoms with Crippen molar-refractivity contribution >= 4 is 44.2 Å². The van der Waals surface area contributed by atoms with Crippen LogP contribution in [0.4, 0.5) is 0 Å². The number of aromatic amines is 1. The highest BCUT2D eigenvalue weighted by Crippen LogP contribution is 2.31. The fraction of sp³-hybridized carbons (Fsp3) is 0. The summed E-state index contributed by atoms with van der Waals surface area (Å²) in [5, 5.41) is 14.4. The molecule has 0 aliphatic carbocycles. The first-order valence-corrected chi connectivity index (χ1v) is 8.81. The quantitative estimate of drug-likeness (QED) is 0.318. The molecule has 1 N–H and O–H groups in total. The number of fused-ring (bicyclic) bond motifs is 3. The second-order valence-electron chi connectivity index (χ2n) is 6.50. The fourth-order valence-electron chi connectivity index (χ4n) is 3.58. The van der Waals surface area contributed by atoms with Crippen molar-refractivity contribution in [3.05, 3.63) is 90.3 Å². The second kappa shape index (κ2) is 6.12. The lowest BCUT2D eigenvalue weighted by Crippen LogP contribution is -1.88. The molecule has 0 aliphatic heterocycles. The van der Waals surface area contributed by atoms with Gasteiger partial charge in [0.15, 0.2) is 0 Å². The van der Waals surface area contributed by atoms with Gasteiger partial charge >= 0.3 is 0 Å². The van der Waals surface area contributed by atoms with Crippen molar-refractivity contribution in [2.45, 2.75) is 0 Å². The summed E-state index contributed by atoms with van der Waals surface area (Å²) in [7, 11) is 0. The lowest BCUT2D eigenvalue weighted by molar-refractivity contribution is 1.27. The number of hydrogen-bond donors (Lipinski definition) is 1. The standard InChI is InChI=1S/C24H15N3/c25-15-18(24-26-22-11-5-6-12-23(22)27-24)14-21-19-9-3-1-7-16(19)13-17-8-2-4-10-20(17)21/h1-14H,(H,26,27)/b18-14+. The van der Waals surface area contributed by atoms with Crippen molar-refractivity contribution in [2.24, 2.45) is 0 Å². The molecule has 5 rings (SSSR count). The first-order valence-electron chi connectivity index (χ1n) is 8.81. The SMILES string of the molecule is N#C/C(=C\c1c2ccccc2cc2ccccc12)c1nc2ccccc2[nH]1. The highest BCUT2D eigenvalue weighted by Gasteiger charge is 2.11. The topological polar surface area (TPSA) is 52.5 Å². The molecule has 0 aliphatic rings. The maximum Gasteiger partial charge on any atom is 0.149 e. The van der Waals surface area contributed by atoms with E-state index in [-0.39, 0.29) is 0 Å². The van der Waals surface area contributed by atoms with E-state index in [2.05, 4.69) is 46.4 Å². The van der Waals surface area contributed by atoms with E-state index in [1.54, 1.807) is 0 Å². The number of nitrogens with zero attached hydrogens (tertiary/aromatic N) is 2. The van der Waals surface area contributed by atoms with Crippen molar-refractivity contribution in [1.82, 2.24) is 9.97 Å². The van der Waals surface area contributed by atoms with E-state index in [1.165, 1.54) is 0 Å². The van der Waals surface area contributed by atoms with Crippen LogP contribution in [0.5, 0.6) is 0 Å². The third-order valence-corrected chi connectivity index (χ3v) is 4.87. The lowest BCUT2D eigenvalue weighted by atomic mass is 9.95. The Morgan fingerprint density at radius 2 is 1.48 bits per heavy atom. The first-order chi connectivity index (χ1) is 13.3. The monoisotopic (exact) mass is 345 g/mol. The molecule has 0 unspecified atom stereocenters. The van der Waals surface area contributed by atoms with Crippen molar-refractivity contribution < 1.29 is 0 Å². The first kappa shape index (κ1) is 15.4. The molecule has 0 saturated carbocycles. The molecule has 0 atom stereocenters. The number of nitriles is 1. The third-order valence-electron chi connectivity index (χ3n) is 4.87. The van der Waals surface area contributed by atoms with Crippen LogP contribution in [0, 0.1) is 11.3 Å². The minimum atomic E-state index is 0.521. The van der Waals surface area contributed by atoms with E-state index >= 15 is 0 Å². The van der Waals surface area contributed by atoms with Gasteiger partial charge in [-0.25, -0.2) is 4.98 Å². The lowest BCUT2D eigenvalue weighted by Gasteiger charge is -2.08. The zero-order valence-corrected chi connectivity index (χ0v) is 14.5. The number of para-hydroxylation sites is 2. The maximum atomic E-state index is 9.83. The van der Waals surface area contributed by atoms with Crippen LogP contribution in [-0.2, 0) is 0 Å². The Morgan fingerprint density at radius 1 is 0.852 bits per heavy atom. The smallest absolute Gasteiger partial charge is 0.149 e. The molecule has 3 nitrogen and oxygen atoms in total. The molecular formula is C24H15N3. The van der Waals surface area contributed by atoms with Crippen LogP contribution >= 0.6 is 0 Å². The maximum absolute atomic E-state index is 9.83. The molecule has 126 valence electrons. The summed E-state index contributed by atoms with van der Waals surface area (Å²) in [6.07, 6.45) is 1.95. The molecule has 0 radical (unpaired) electrons. The summed E-state index contributed by atoms with van der Waals surface area (Å²) in [6.45, 7) is 0. The summed E-state index contributed by atoms with van der Waals surface area (Å²) in [5.41, 5.74) is 3.35. The van der Waals surface area contributed by atoms with Crippen molar-refractivity contribution in [2.75, 3.05) is 0 Å². The molecule has 5 aromatic rings. The fourth-order valence-corrected chi connectivity index (χ4v) is 3.58. The van der Waals surface area contributed by atoms with Gasteiger partial charge < -0.3 is 4.98 Å². The Labute approximate surface area is 156 Å². The Hall–Kier alpha value is -3.90. The van der Waals surface area contributed by atoms with E-state index in [9.17, 15) is 5.26 Å². The summed E-state index contributed by atoms with van der Waals surface area (Å²) in [5.74, 6) is 0.593. The highest BCUT2D eigenvalue weighted by molar-refractivity contribution is 6.10. The predicted molar refractivity (Wildman–Crippen MR) is 111 cm³/mol. The van der Waals surface area contributed by atoms with Gasteiger partial charge in [-0.2, -0.15) is 5.26 Å². The number of rotatable bonds is 2. The Balaban J connectivity index is 1.81. The minimum absolute atomic E-state index is 0.521. The molecule has 4 aromatic carbocycles. The molecule has 1 aromatic heterocycles. The number of allylic oxidation sites excluding steroid dienone is 1. The zero-order valence-electron chi connectivity index (χ0n) is 14.5. The summed E-state index contributed by atoms with van der Waals surface area (Å²) >= 11 is 0. The molecular weight excluding hydrogens is 330 g/mol. The van der Waals surface area contributed by atoms with Crippen LogP contribution in [0.2, 0.25) is 0 Å². The van der Waals surface area contributed by atoms with Crippen LogP contribution < -0.4 is 0 Å². The predicted octanol–water partition coefficient (Wildman–Crippen LogP) is 5.93. The normalized spacial score (nSPS) is 11.9. The zero-order chi connectivity index (χ0) is 18.2. The number of hydrogen-bond acceptors (Lipinski definition) is 2. The van der Waals surface area contributed by atoms with Gasteiger partial charge in [0.1, 0.15) is 11.9 Å². The molecule has 1 heterocycles. The molecule has 0 bridgehead atoms.